The molecular formula is C12H9F5O5. The highest BCUT2D eigenvalue weighted by Gasteiger charge is 2.48. The van der Waals surface area contributed by atoms with Crippen molar-refractivity contribution >= 4 is 11.9 Å². The first kappa shape index (κ1) is 17.8. The van der Waals surface area contributed by atoms with Gasteiger partial charge in [0.15, 0.2) is 12.7 Å². The van der Waals surface area contributed by atoms with Crippen molar-refractivity contribution in [1.29, 1.82) is 0 Å². The molecular weight excluding hydrogens is 319 g/mol. The molecule has 0 aliphatic heterocycles. The lowest BCUT2D eigenvalue weighted by Gasteiger charge is -2.20. The Bertz CT molecular complexity index is 569. The number of halogens is 5. The van der Waals surface area contributed by atoms with E-state index in [9.17, 15) is 36.6 Å². The number of benzene rings is 1. The van der Waals surface area contributed by atoms with E-state index < -0.39 is 47.9 Å². The Hall–Kier alpha value is -2.23. The average molecular weight is 328 g/mol. The molecule has 1 rings (SSSR count). The maximum Gasteiger partial charge on any atom is 0.422 e. The highest BCUT2D eigenvalue weighted by molar-refractivity contribution is 5.91. The van der Waals surface area contributed by atoms with E-state index >= 15 is 0 Å². The van der Waals surface area contributed by atoms with Gasteiger partial charge in [-0.15, -0.1) is 0 Å². The van der Waals surface area contributed by atoms with E-state index in [2.05, 4.69) is 4.74 Å². The van der Waals surface area contributed by atoms with Gasteiger partial charge in [0.25, 0.3) is 0 Å². The van der Waals surface area contributed by atoms with Crippen molar-refractivity contribution in [3.05, 3.63) is 35.4 Å². The first-order valence-electron chi connectivity index (χ1n) is 5.59. The third-order valence-electron chi connectivity index (χ3n) is 2.47. The molecule has 1 aromatic rings. The molecule has 5 nitrogen and oxygen atoms in total. The number of carboxylic acid groups (broad SMARTS) is 1. The predicted octanol–water partition coefficient (Wildman–Crippen LogP) is 2.16. The molecule has 0 radical (unpaired) electrons. The van der Waals surface area contributed by atoms with Crippen LogP contribution in [0.15, 0.2) is 24.3 Å². The Balaban J connectivity index is 3.09. The predicted molar refractivity (Wildman–Crippen MR) is 60.3 cm³/mol. The van der Waals surface area contributed by atoms with E-state index in [1.54, 1.807) is 0 Å². The molecule has 0 fully saturated rings. The van der Waals surface area contributed by atoms with Crippen molar-refractivity contribution in [3.63, 3.8) is 0 Å². The number of alkyl halides is 5. The van der Waals surface area contributed by atoms with Crippen LogP contribution in [-0.4, -0.2) is 40.9 Å². The highest BCUT2D eigenvalue weighted by Crippen LogP contribution is 2.33. The highest BCUT2D eigenvalue weighted by atomic mass is 19.4. The monoisotopic (exact) mass is 328 g/mol. The summed E-state index contributed by atoms with van der Waals surface area (Å²) in [6.07, 6.45) is -7.76. The van der Waals surface area contributed by atoms with Gasteiger partial charge >= 0.3 is 24.0 Å². The van der Waals surface area contributed by atoms with Gasteiger partial charge in [-0.2, -0.15) is 22.0 Å². The quantitative estimate of drug-likeness (QED) is 0.639. The number of rotatable bonds is 5. The SMILES string of the molecule is O=C(OCC(F)(F)F)c1ccccc1C(O)C(F)(F)C(=O)O. The fraction of sp³-hybridized carbons (Fsp3) is 0.333. The number of aliphatic hydroxyl groups excluding tert-OH is 1. The number of esters is 1. The molecule has 0 heterocycles. The molecule has 2 N–H and O–H groups in total. The largest absolute Gasteiger partial charge is 0.477 e. The van der Waals surface area contributed by atoms with Gasteiger partial charge in [0, 0.05) is 5.56 Å². The number of carboxylic acids is 1. The Kier molecular flexibility index (Phi) is 5.07. The van der Waals surface area contributed by atoms with Crippen molar-refractivity contribution < 1.29 is 46.5 Å². The van der Waals surface area contributed by atoms with Gasteiger partial charge in [0.05, 0.1) is 5.56 Å². The minimum Gasteiger partial charge on any atom is -0.477 e. The summed E-state index contributed by atoms with van der Waals surface area (Å²) in [6.45, 7) is -1.95. The van der Waals surface area contributed by atoms with Crippen LogP contribution in [0.2, 0.25) is 0 Å². The lowest BCUT2D eigenvalue weighted by atomic mass is 9.98. The van der Waals surface area contributed by atoms with Gasteiger partial charge in [0.1, 0.15) is 0 Å². The summed E-state index contributed by atoms with van der Waals surface area (Å²) in [6, 6.07) is 3.83. The van der Waals surface area contributed by atoms with Gasteiger partial charge in [-0.1, -0.05) is 18.2 Å². The molecule has 0 bridgehead atoms. The Labute approximate surface area is 119 Å². The normalized spacial score (nSPS) is 13.5. The van der Waals surface area contributed by atoms with Crippen molar-refractivity contribution in [3.8, 4) is 0 Å². The minimum absolute atomic E-state index is 0.783. The van der Waals surface area contributed by atoms with Gasteiger partial charge < -0.3 is 14.9 Å². The van der Waals surface area contributed by atoms with Gasteiger partial charge in [0.2, 0.25) is 0 Å². The maximum absolute atomic E-state index is 13.3. The summed E-state index contributed by atoms with van der Waals surface area (Å²) in [5, 5.41) is 17.8. The van der Waals surface area contributed by atoms with Crippen LogP contribution in [0.3, 0.4) is 0 Å². The smallest absolute Gasteiger partial charge is 0.422 e. The van der Waals surface area contributed by atoms with Crippen molar-refractivity contribution in [2.45, 2.75) is 18.2 Å². The number of carbonyl (C=O) groups excluding carboxylic acids is 1. The fourth-order valence-corrected chi connectivity index (χ4v) is 1.46. The molecule has 0 spiro atoms. The number of carbonyl (C=O) groups is 2. The van der Waals surface area contributed by atoms with Crippen LogP contribution in [-0.2, 0) is 9.53 Å². The maximum atomic E-state index is 13.3. The van der Waals surface area contributed by atoms with Gasteiger partial charge in [-0.25, -0.2) is 9.59 Å². The summed E-state index contributed by atoms with van der Waals surface area (Å²) < 4.78 is 66.3. The molecule has 0 amide bonds. The van der Waals surface area contributed by atoms with E-state index in [0.717, 1.165) is 24.3 Å². The minimum atomic E-state index is -4.83. The van der Waals surface area contributed by atoms with Crippen LogP contribution in [0.1, 0.15) is 22.0 Å². The molecule has 0 saturated heterocycles. The van der Waals surface area contributed by atoms with Gasteiger partial charge in [-0.3, -0.25) is 0 Å². The molecule has 1 unspecified atom stereocenters. The average Bonchev–Trinajstić information content (AvgIpc) is 2.42. The number of aliphatic hydroxyl groups is 1. The summed E-state index contributed by atoms with van der Waals surface area (Å²) in [4.78, 5) is 21.9. The van der Waals surface area contributed by atoms with Crippen LogP contribution in [0.4, 0.5) is 22.0 Å². The van der Waals surface area contributed by atoms with E-state index in [1.165, 1.54) is 0 Å². The molecule has 1 atom stereocenters. The van der Waals surface area contributed by atoms with Crippen molar-refractivity contribution in [2.75, 3.05) is 6.61 Å². The lowest BCUT2D eigenvalue weighted by molar-refractivity contribution is -0.183. The summed E-state index contributed by atoms with van der Waals surface area (Å²) in [7, 11) is 0. The van der Waals surface area contributed by atoms with E-state index in [-0.39, 0.29) is 0 Å². The molecule has 0 aliphatic rings. The first-order chi connectivity index (χ1) is 9.97. The van der Waals surface area contributed by atoms with E-state index in [0.29, 0.717) is 0 Å². The second-order valence-corrected chi connectivity index (χ2v) is 4.11. The fourth-order valence-electron chi connectivity index (χ4n) is 1.46. The Morgan fingerprint density at radius 3 is 2.18 bits per heavy atom. The molecule has 0 saturated carbocycles. The Morgan fingerprint density at radius 1 is 1.14 bits per heavy atom. The molecule has 10 heteroatoms. The second kappa shape index (κ2) is 6.26. The molecule has 0 aliphatic carbocycles. The summed E-state index contributed by atoms with van der Waals surface area (Å²) >= 11 is 0. The van der Waals surface area contributed by atoms with Crippen LogP contribution in [0, 0.1) is 0 Å². The number of aliphatic carboxylic acids is 1. The first-order valence-corrected chi connectivity index (χ1v) is 5.59. The number of ether oxygens (including phenoxy) is 1. The van der Waals surface area contributed by atoms with Crippen LogP contribution in [0.5, 0.6) is 0 Å². The van der Waals surface area contributed by atoms with Crippen LogP contribution >= 0.6 is 0 Å². The van der Waals surface area contributed by atoms with Crippen molar-refractivity contribution in [2.24, 2.45) is 0 Å². The van der Waals surface area contributed by atoms with E-state index in [4.69, 9.17) is 5.11 Å². The third-order valence-corrected chi connectivity index (χ3v) is 2.47. The second-order valence-electron chi connectivity index (χ2n) is 4.11. The van der Waals surface area contributed by atoms with Crippen LogP contribution in [0.25, 0.3) is 0 Å². The molecule has 122 valence electrons. The number of hydrogen-bond donors (Lipinski definition) is 2. The van der Waals surface area contributed by atoms with Gasteiger partial charge in [-0.05, 0) is 6.07 Å². The topological polar surface area (TPSA) is 83.8 Å². The van der Waals surface area contributed by atoms with Crippen molar-refractivity contribution in [1.82, 2.24) is 0 Å². The van der Waals surface area contributed by atoms with Crippen LogP contribution < -0.4 is 0 Å². The number of hydrogen-bond acceptors (Lipinski definition) is 4. The zero-order chi connectivity index (χ0) is 17.1. The molecule has 1 aromatic carbocycles. The summed E-state index contributed by atoms with van der Waals surface area (Å²) in [5.41, 5.74) is -1.65. The zero-order valence-corrected chi connectivity index (χ0v) is 10.6. The molecule has 0 aromatic heterocycles. The third kappa shape index (κ3) is 4.13. The van der Waals surface area contributed by atoms with E-state index in [1.807, 2.05) is 0 Å². The zero-order valence-electron chi connectivity index (χ0n) is 10.6. The standard InChI is InChI=1S/C12H9F5O5/c13-11(14,15)5-22-9(19)7-4-2-1-3-6(7)8(18)12(16,17)10(20)21/h1-4,8,18H,5H2,(H,20,21). The molecule has 22 heavy (non-hydrogen) atoms. The Morgan fingerprint density at radius 2 is 1.68 bits per heavy atom. The lowest BCUT2D eigenvalue weighted by Crippen LogP contribution is -2.36. The summed E-state index contributed by atoms with van der Waals surface area (Å²) in [5.74, 6) is -8.91.